The summed E-state index contributed by atoms with van der Waals surface area (Å²) in [5, 5.41) is 3.72. The lowest BCUT2D eigenvalue weighted by Crippen LogP contribution is -2.22. The van der Waals surface area contributed by atoms with E-state index in [1.165, 1.54) is 11.8 Å². The van der Waals surface area contributed by atoms with Gasteiger partial charge in [-0.1, -0.05) is 25.4 Å². The van der Waals surface area contributed by atoms with E-state index in [1.54, 1.807) is 0 Å². The molecule has 0 aliphatic rings. The number of nitrogens with zero attached hydrogens (tertiary/aromatic N) is 1. The van der Waals surface area contributed by atoms with Crippen LogP contribution in [-0.4, -0.2) is 23.8 Å². The zero-order chi connectivity index (χ0) is 14.5. The Kier molecular flexibility index (Phi) is 6.42. The molecule has 0 amide bonds. The quantitative estimate of drug-likeness (QED) is 0.632. The zero-order valence-electron chi connectivity index (χ0n) is 10.7. The first kappa shape index (κ1) is 16.6. The highest BCUT2D eigenvalue weighted by Crippen LogP contribution is 2.33. The number of hydrogen-bond donors (Lipinski definition) is 1. The second-order valence-electron chi connectivity index (χ2n) is 4.46. The van der Waals surface area contributed by atoms with Gasteiger partial charge in [0.15, 0.2) is 0 Å². The second-order valence-corrected chi connectivity index (χ2v) is 5.95. The number of alkyl halides is 3. The fourth-order valence-corrected chi connectivity index (χ4v) is 2.39. The van der Waals surface area contributed by atoms with Crippen molar-refractivity contribution < 1.29 is 13.2 Å². The number of thioether (sulfide) groups is 1. The molecule has 0 radical (unpaired) electrons. The Morgan fingerprint density at radius 2 is 2.11 bits per heavy atom. The van der Waals surface area contributed by atoms with Gasteiger partial charge in [-0.15, -0.1) is 11.8 Å². The van der Waals surface area contributed by atoms with Gasteiger partial charge in [-0.25, -0.2) is 4.98 Å². The largest absolute Gasteiger partial charge is 0.417 e. The van der Waals surface area contributed by atoms with Crippen LogP contribution in [0.3, 0.4) is 0 Å². The predicted octanol–water partition coefficient (Wildman–Crippen LogP) is 4.09. The maximum atomic E-state index is 12.4. The van der Waals surface area contributed by atoms with Crippen molar-refractivity contribution in [3.8, 4) is 0 Å². The van der Waals surface area contributed by atoms with Gasteiger partial charge in [-0.05, 0) is 18.5 Å². The van der Waals surface area contributed by atoms with Crippen LogP contribution in [0.5, 0.6) is 0 Å². The van der Waals surface area contributed by atoms with Crippen molar-refractivity contribution in [2.24, 2.45) is 5.92 Å². The molecule has 0 aliphatic heterocycles. The number of aromatic nitrogens is 1. The summed E-state index contributed by atoms with van der Waals surface area (Å²) >= 11 is 7.14. The minimum Gasteiger partial charge on any atom is -0.316 e. The molecular weight excluding hydrogens is 297 g/mol. The van der Waals surface area contributed by atoms with Crippen molar-refractivity contribution in [3.05, 3.63) is 22.8 Å². The summed E-state index contributed by atoms with van der Waals surface area (Å²) in [6.07, 6.45) is -3.59. The van der Waals surface area contributed by atoms with Crippen LogP contribution in [-0.2, 0) is 6.18 Å². The molecule has 0 saturated heterocycles. The Morgan fingerprint density at radius 3 is 2.63 bits per heavy atom. The van der Waals surface area contributed by atoms with E-state index in [0.717, 1.165) is 25.4 Å². The Hall–Kier alpha value is -0.460. The first-order chi connectivity index (χ1) is 8.80. The molecule has 0 aliphatic carbocycles. The van der Waals surface area contributed by atoms with Crippen molar-refractivity contribution in [2.45, 2.75) is 25.0 Å². The molecule has 108 valence electrons. The maximum Gasteiger partial charge on any atom is 0.417 e. The third-order valence-electron chi connectivity index (χ3n) is 2.20. The van der Waals surface area contributed by atoms with E-state index in [9.17, 15) is 13.2 Å². The number of nitrogens with one attached hydrogen (secondary N) is 1. The molecule has 0 aromatic carbocycles. The average molecular weight is 313 g/mol. The molecular formula is C12H16ClF3N2S. The van der Waals surface area contributed by atoms with Crippen molar-refractivity contribution in [1.29, 1.82) is 0 Å². The standard InChI is InChI=1S/C12H16ClF3N2S/c1-8(2)6-17-3-4-19-11-10(13)5-9(7-18-11)12(14,15)16/h5,7-8,17H,3-4,6H2,1-2H3. The Labute approximate surface area is 120 Å². The van der Waals surface area contributed by atoms with Crippen molar-refractivity contribution in [1.82, 2.24) is 10.3 Å². The average Bonchev–Trinajstić information content (AvgIpc) is 2.28. The molecule has 0 atom stereocenters. The number of hydrogen-bond acceptors (Lipinski definition) is 3. The van der Waals surface area contributed by atoms with E-state index in [-0.39, 0.29) is 5.02 Å². The van der Waals surface area contributed by atoms with Gasteiger partial charge in [-0.3, -0.25) is 0 Å². The Bertz CT molecular complexity index is 410. The molecule has 0 spiro atoms. The molecule has 0 saturated carbocycles. The monoisotopic (exact) mass is 312 g/mol. The summed E-state index contributed by atoms with van der Waals surface area (Å²) < 4.78 is 37.2. The number of rotatable bonds is 6. The minimum atomic E-state index is -4.40. The summed E-state index contributed by atoms with van der Waals surface area (Å²) in [7, 11) is 0. The lowest BCUT2D eigenvalue weighted by Gasteiger charge is -2.09. The van der Waals surface area contributed by atoms with Crippen LogP contribution in [0.25, 0.3) is 0 Å². The fraction of sp³-hybridized carbons (Fsp3) is 0.583. The smallest absolute Gasteiger partial charge is 0.316 e. The van der Waals surface area contributed by atoms with Crippen molar-refractivity contribution >= 4 is 23.4 Å². The van der Waals surface area contributed by atoms with Gasteiger partial charge in [0.1, 0.15) is 5.03 Å². The summed E-state index contributed by atoms with van der Waals surface area (Å²) in [5.41, 5.74) is -0.820. The third-order valence-corrected chi connectivity index (χ3v) is 3.61. The molecule has 1 heterocycles. The molecule has 0 unspecified atom stereocenters. The Morgan fingerprint density at radius 1 is 1.42 bits per heavy atom. The van der Waals surface area contributed by atoms with E-state index in [0.29, 0.717) is 16.7 Å². The van der Waals surface area contributed by atoms with Gasteiger partial charge in [0.05, 0.1) is 10.6 Å². The van der Waals surface area contributed by atoms with E-state index in [4.69, 9.17) is 11.6 Å². The van der Waals surface area contributed by atoms with Crippen LogP contribution in [0.4, 0.5) is 13.2 Å². The summed E-state index contributed by atoms with van der Waals surface area (Å²) in [6.45, 7) is 5.89. The molecule has 2 nitrogen and oxygen atoms in total. The SMILES string of the molecule is CC(C)CNCCSc1ncc(C(F)(F)F)cc1Cl. The van der Waals surface area contributed by atoms with Gasteiger partial charge in [0.2, 0.25) is 0 Å². The Balaban J connectivity index is 2.47. The highest BCUT2D eigenvalue weighted by atomic mass is 35.5. The molecule has 0 bridgehead atoms. The first-order valence-electron chi connectivity index (χ1n) is 5.87. The van der Waals surface area contributed by atoms with Crippen molar-refractivity contribution in [2.75, 3.05) is 18.8 Å². The number of pyridine rings is 1. The fourth-order valence-electron chi connectivity index (χ4n) is 1.30. The molecule has 1 aromatic heterocycles. The van der Waals surface area contributed by atoms with Gasteiger partial charge < -0.3 is 5.32 Å². The third kappa shape index (κ3) is 6.01. The lowest BCUT2D eigenvalue weighted by atomic mass is 10.2. The first-order valence-corrected chi connectivity index (χ1v) is 7.23. The van der Waals surface area contributed by atoms with Crippen LogP contribution in [0.15, 0.2) is 17.3 Å². The summed E-state index contributed by atoms with van der Waals surface area (Å²) in [5.74, 6) is 1.28. The molecule has 19 heavy (non-hydrogen) atoms. The van der Waals surface area contributed by atoms with Crippen LogP contribution in [0.1, 0.15) is 19.4 Å². The molecule has 1 N–H and O–H groups in total. The van der Waals surface area contributed by atoms with Gasteiger partial charge >= 0.3 is 6.18 Å². The zero-order valence-corrected chi connectivity index (χ0v) is 12.3. The van der Waals surface area contributed by atoms with Gasteiger partial charge in [0.25, 0.3) is 0 Å². The van der Waals surface area contributed by atoms with Crippen molar-refractivity contribution in [3.63, 3.8) is 0 Å². The van der Waals surface area contributed by atoms with Crippen LogP contribution in [0, 0.1) is 5.92 Å². The van der Waals surface area contributed by atoms with E-state index >= 15 is 0 Å². The summed E-state index contributed by atoms with van der Waals surface area (Å²) in [4.78, 5) is 3.76. The summed E-state index contributed by atoms with van der Waals surface area (Å²) in [6, 6.07) is 0.915. The van der Waals surface area contributed by atoms with E-state index in [1.807, 2.05) is 0 Å². The van der Waals surface area contributed by atoms with Crippen LogP contribution in [0.2, 0.25) is 5.02 Å². The van der Waals surface area contributed by atoms with Gasteiger partial charge in [0, 0.05) is 18.5 Å². The normalized spacial score (nSPS) is 12.2. The molecule has 0 fully saturated rings. The van der Waals surface area contributed by atoms with E-state index < -0.39 is 11.7 Å². The molecule has 7 heteroatoms. The van der Waals surface area contributed by atoms with E-state index in [2.05, 4.69) is 24.1 Å². The lowest BCUT2D eigenvalue weighted by molar-refractivity contribution is -0.137. The minimum absolute atomic E-state index is 0.0451. The highest BCUT2D eigenvalue weighted by Gasteiger charge is 2.31. The maximum absolute atomic E-state index is 12.4. The highest BCUT2D eigenvalue weighted by molar-refractivity contribution is 7.99. The second kappa shape index (κ2) is 7.36. The van der Waals surface area contributed by atoms with Crippen LogP contribution < -0.4 is 5.32 Å². The topological polar surface area (TPSA) is 24.9 Å². The predicted molar refractivity (Wildman–Crippen MR) is 72.7 cm³/mol. The van der Waals surface area contributed by atoms with Crippen LogP contribution >= 0.6 is 23.4 Å². The number of halogens is 4. The van der Waals surface area contributed by atoms with Gasteiger partial charge in [-0.2, -0.15) is 13.2 Å². The molecule has 1 rings (SSSR count). The molecule has 1 aromatic rings.